The van der Waals surface area contributed by atoms with Crippen LogP contribution in [0.15, 0.2) is 57.8 Å². The van der Waals surface area contributed by atoms with E-state index in [-0.39, 0.29) is 35.3 Å². The fraction of sp³-hybridized carbons (Fsp3) is 0.300. The first-order chi connectivity index (χ1) is 13.4. The molecule has 1 amide bonds. The molecule has 0 aliphatic carbocycles. The van der Waals surface area contributed by atoms with Gasteiger partial charge in [-0.05, 0) is 50.2 Å². The van der Waals surface area contributed by atoms with Crippen LogP contribution in [0.1, 0.15) is 29.8 Å². The van der Waals surface area contributed by atoms with Crippen molar-refractivity contribution in [2.24, 2.45) is 4.40 Å². The van der Waals surface area contributed by atoms with Gasteiger partial charge in [-0.25, -0.2) is 0 Å². The van der Waals surface area contributed by atoms with E-state index >= 15 is 0 Å². The second-order valence-electron chi connectivity index (χ2n) is 7.10. The van der Waals surface area contributed by atoms with Gasteiger partial charge in [-0.15, -0.1) is 16.8 Å². The molecule has 0 bridgehead atoms. The summed E-state index contributed by atoms with van der Waals surface area (Å²) in [6.45, 7) is 5.58. The number of anilines is 1. The van der Waals surface area contributed by atoms with Crippen molar-refractivity contribution in [1.82, 2.24) is 10.2 Å². The number of carbonyl (C=O) groups excluding carboxylic acids is 1. The summed E-state index contributed by atoms with van der Waals surface area (Å²) in [4.78, 5) is 14.9. The van der Waals surface area contributed by atoms with E-state index in [1.165, 1.54) is 0 Å². The summed E-state index contributed by atoms with van der Waals surface area (Å²) in [5.41, 5.74) is 1.82. The summed E-state index contributed by atoms with van der Waals surface area (Å²) in [7, 11) is -3.66. The zero-order chi connectivity index (χ0) is 19.9. The number of piperazine rings is 1. The summed E-state index contributed by atoms with van der Waals surface area (Å²) in [5.74, 6) is 0.290. The Morgan fingerprint density at radius 1 is 1.14 bits per heavy atom. The van der Waals surface area contributed by atoms with Gasteiger partial charge in [0.15, 0.2) is 5.84 Å². The highest BCUT2D eigenvalue weighted by Crippen LogP contribution is 2.27. The fourth-order valence-electron chi connectivity index (χ4n) is 3.54. The van der Waals surface area contributed by atoms with Crippen molar-refractivity contribution in [1.29, 1.82) is 0 Å². The molecule has 0 saturated carbocycles. The van der Waals surface area contributed by atoms with E-state index in [0.29, 0.717) is 29.2 Å². The quantitative estimate of drug-likeness (QED) is 0.757. The number of nitrogens with one attached hydrogen (secondary N) is 2. The van der Waals surface area contributed by atoms with Gasteiger partial charge in [-0.2, -0.15) is 8.42 Å². The van der Waals surface area contributed by atoms with Crippen LogP contribution < -0.4 is 10.6 Å². The Hall–Kier alpha value is -2.42. The van der Waals surface area contributed by atoms with E-state index in [9.17, 15) is 13.2 Å². The van der Waals surface area contributed by atoms with Crippen molar-refractivity contribution in [2.75, 3.05) is 18.4 Å². The zero-order valence-corrected chi connectivity index (χ0v) is 17.8. The van der Waals surface area contributed by atoms with Gasteiger partial charge >= 0.3 is 0 Å². The minimum absolute atomic E-state index is 0. The lowest BCUT2D eigenvalue weighted by Gasteiger charge is -2.38. The number of amides is 1. The number of amidine groups is 1. The van der Waals surface area contributed by atoms with Crippen LogP contribution in [0.5, 0.6) is 0 Å². The maximum Gasteiger partial charge on any atom is 0.285 e. The Morgan fingerprint density at radius 3 is 2.55 bits per heavy atom. The second-order valence-corrected chi connectivity index (χ2v) is 8.67. The van der Waals surface area contributed by atoms with Crippen LogP contribution in [0.4, 0.5) is 5.69 Å². The minimum atomic E-state index is -3.66. The Balaban J connectivity index is 0.00000240. The summed E-state index contributed by atoms with van der Waals surface area (Å²) in [6, 6.07) is 14.1. The maximum atomic E-state index is 12.8. The molecule has 2 atom stereocenters. The molecule has 154 valence electrons. The molecule has 2 aliphatic rings. The molecule has 29 heavy (non-hydrogen) atoms. The lowest BCUT2D eigenvalue weighted by atomic mass is 10.1. The molecule has 2 aliphatic heterocycles. The molecule has 0 radical (unpaired) electrons. The van der Waals surface area contributed by atoms with Crippen molar-refractivity contribution in [3.63, 3.8) is 0 Å². The lowest BCUT2D eigenvalue weighted by Crippen LogP contribution is -2.57. The second kappa shape index (κ2) is 8.14. The molecule has 2 heterocycles. The first-order valence-electron chi connectivity index (χ1n) is 9.22. The van der Waals surface area contributed by atoms with E-state index in [1.54, 1.807) is 48.5 Å². The van der Waals surface area contributed by atoms with Crippen LogP contribution in [-0.4, -0.2) is 50.2 Å². The highest BCUT2D eigenvalue weighted by atomic mass is 35.5. The van der Waals surface area contributed by atoms with E-state index in [1.807, 2.05) is 11.8 Å². The van der Waals surface area contributed by atoms with Crippen LogP contribution in [0.2, 0.25) is 0 Å². The van der Waals surface area contributed by atoms with Gasteiger partial charge < -0.3 is 15.5 Å². The molecule has 9 heteroatoms. The first-order valence-corrected chi connectivity index (χ1v) is 10.7. The SMILES string of the molecule is CC1NCCN(C(=O)c2ccc(NC3=NS(=O)(=O)c4ccccc43)cc2)C1C.Cl. The van der Waals surface area contributed by atoms with Gasteiger partial charge in [0.05, 0.1) is 0 Å². The van der Waals surface area contributed by atoms with Crippen molar-refractivity contribution in [2.45, 2.75) is 30.8 Å². The number of benzene rings is 2. The average molecular weight is 435 g/mol. The third-order valence-electron chi connectivity index (χ3n) is 5.32. The molecular formula is C20H23ClN4O3S. The Bertz CT molecular complexity index is 1050. The van der Waals surface area contributed by atoms with E-state index in [0.717, 1.165) is 6.54 Å². The van der Waals surface area contributed by atoms with E-state index in [4.69, 9.17) is 0 Å². The van der Waals surface area contributed by atoms with Crippen molar-refractivity contribution < 1.29 is 13.2 Å². The predicted molar refractivity (Wildman–Crippen MR) is 115 cm³/mol. The smallest absolute Gasteiger partial charge is 0.285 e. The van der Waals surface area contributed by atoms with E-state index in [2.05, 4.69) is 22.0 Å². The molecule has 1 fully saturated rings. The molecule has 0 spiro atoms. The Morgan fingerprint density at radius 2 is 1.83 bits per heavy atom. The highest BCUT2D eigenvalue weighted by molar-refractivity contribution is 7.90. The predicted octanol–water partition coefficient (Wildman–Crippen LogP) is 2.49. The molecule has 2 unspecified atom stereocenters. The normalized spacial score (nSPS) is 22.3. The monoisotopic (exact) mass is 434 g/mol. The van der Waals surface area contributed by atoms with Crippen molar-refractivity contribution >= 4 is 39.9 Å². The number of nitrogens with zero attached hydrogens (tertiary/aromatic N) is 2. The molecule has 1 saturated heterocycles. The van der Waals surface area contributed by atoms with Gasteiger partial charge in [0.1, 0.15) is 4.90 Å². The summed E-state index contributed by atoms with van der Waals surface area (Å²) < 4.78 is 28.1. The van der Waals surface area contributed by atoms with Gasteiger partial charge in [0.25, 0.3) is 15.9 Å². The number of halogens is 1. The largest absolute Gasteiger partial charge is 0.339 e. The van der Waals surface area contributed by atoms with E-state index < -0.39 is 10.0 Å². The first kappa shape index (κ1) is 21.3. The van der Waals surface area contributed by atoms with Crippen LogP contribution in [0.25, 0.3) is 0 Å². The number of rotatable bonds is 2. The van der Waals surface area contributed by atoms with Crippen LogP contribution in [0, 0.1) is 0 Å². The summed E-state index contributed by atoms with van der Waals surface area (Å²) in [6.07, 6.45) is 0. The number of sulfonamides is 1. The number of hydrogen-bond donors (Lipinski definition) is 2. The van der Waals surface area contributed by atoms with Crippen LogP contribution in [0.3, 0.4) is 0 Å². The Kier molecular flexibility index (Phi) is 5.97. The summed E-state index contributed by atoms with van der Waals surface area (Å²) >= 11 is 0. The van der Waals surface area contributed by atoms with Gasteiger partial charge in [0.2, 0.25) is 0 Å². The minimum Gasteiger partial charge on any atom is -0.339 e. The van der Waals surface area contributed by atoms with Gasteiger partial charge in [-0.3, -0.25) is 4.79 Å². The molecule has 7 nitrogen and oxygen atoms in total. The van der Waals surface area contributed by atoms with Crippen LogP contribution in [-0.2, 0) is 10.0 Å². The third-order valence-corrected chi connectivity index (χ3v) is 6.66. The van der Waals surface area contributed by atoms with Crippen molar-refractivity contribution in [3.05, 3.63) is 59.7 Å². The molecule has 0 aromatic heterocycles. The number of carbonyl (C=O) groups is 1. The van der Waals surface area contributed by atoms with Crippen LogP contribution >= 0.6 is 12.4 Å². The topological polar surface area (TPSA) is 90.9 Å². The fourth-order valence-corrected chi connectivity index (χ4v) is 4.71. The molecular weight excluding hydrogens is 412 g/mol. The summed E-state index contributed by atoms with van der Waals surface area (Å²) in [5, 5.41) is 6.42. The van der Waals surface area contributed by atoms with Crippen molar-refractivity contribution in [3.8, 4) is 0 Å². The number of hydrogen-bond acceptors (Lipinski definition) is 5. The van der Waals surface area contributed by atoms with Gasteiger partial charge in [-0.1, -0.05) is 12.1 Å². The number of fused-ring (bicyclic) bond motifs is 1. The molecule has 2 aromatic rings. The standard InChI is InChI=1S/C20H22N4O3S.ClH/c1-13-14(2)24(12-11-21-13)20(25)15-7-9-16(10-8-15)22-19-17-5-3-4-6-18(17)28(26,27)23-19;/h3-10,13-14,21H,11-12H2,1-2H3,(H,22,23);1H. The highest BCUT2D eigenvalue weighted by Gasteiger charge is 2.30. The maximum absolute atomic E-state index is 12.8. The van der Waals surface area contributed by atoms with Gasteiger partial charge in [0, 0.05) is 42.0 Å². The molecule has 4 rings (SSSR count). The molecule has 2 aromatic carbocycles. The molecule has 2 N–H and O–H groups in total. The third kappa shape index (κ3) is 4.01. The Labute approximate surface area is 176 Å². The average Bonchev–Trinajstić information content (AvgIpc) is 2.94. The zero-order valence-electron chi connectivity index (χ0n) is 16.1. The lowest BCUT2D eigenvalue weighted by molar-refractivity contribution is 0.0603.